The van der Waals surface area contributed by atoms with Crippen LogP contribution < -0.4 is 11.6 Å². The molecular weight excluding hydrogens is 262 g/mol. The molecule has 0 heterocycles. The van der Waals surface area contributed by atoms with Crippen molar-refractivity contribution in [3.63, 3.8) is 0 Å². The van der Waals surface area contributed by atoms with Gasteiger partial charge in [-0.1, -0.05) is 60.7 Å². The molecule has 2 atom stereocenters. The van der Waals surface area contributed by atoms with Crippen molar-refractivity contribution >= 4 is 0 Å². The summed E-state index contributed by atoms with van der Waals surface area (Å²) in [6, 6.07) is 19.9. The van der Waals surface area contributed by atoms with Gasteiger partial charge in [-0.2, -0.15) is 0 Å². The molecule has 2 aromatic carbocycles. The number of nitrogens with zero attached hydrogens (tertiary/aromatic N) is 1. The number of aliphatic hydroxyl groups is 1. The first-order chi connectivity index (χ1) is 10.2. The zero-order valence-corrected chi connectivity index (χ0v) is 12.1. The van der Waals surface area contributed by atoms with Crippen LogP contribution in [-0.4, -0.2) is 22.4 Å². The molecule has 0 spiro atoms. The zero-order chi connectivity index (χ0) is 15.1. The van der Waals surface area contributed by atoms with Gasteiger partial charge in [0.15, 0.2) is 0 Å². The van der Waals surface area contributed by atoms with E-state index in [0.717, 1.165) is 12.0 Å². The highest BCUT2D eigenvalue weighted by atomic mass is 16.3. The van der Waals surface area contributed by atoms with Gasteiger partial charge in [0.1, 0.15) is 0 Å². The molecule has 2 aromatic rings. The van der Waals surface area contributed by atoms with E-state index < -0.39 is 12.3 Å². The highest BCUT2D eigenvalue weighted by molar-refractivity contribution is 5.15. The van der Waals surface area contributed by atoms with Gasteiger partial charge in [0, 0.05) is 6.54 Å². The van der Waals surface area contributed by atoms with Gasteiger partial charge in [-0.05, 0) is 24.0 Å². The molecular formula is C17H23N3O. The number of hydrazine groups is 1. The summed E-state index contributed by atoms with van der Waals surface area (Å²) in [6.45, 7) is 0.518. The Hall–Kier alpha value is -1.72. The van der Waals surface area contributed by atoms with Crippen LogP contribution in [0.1, 0.15) is 17.5 Å². The monoisotopic (exact) mass is 285 g/mol. The first-order valence-electron chi connectivity index (χ1n) is 7.19. The van der Waals surface area contributed by atoms with Crippen LogP contribution in [0.2, 0.25) is 0 Å². The Morgan fingerprint density at radius 2 is 1.43 bits per heavy atom. The van der Waals surface area contributed by atoms with Gasteiger partial charge in [-0.25, -0.2) is 5.01 Å². The Morgan fingerprint density at radius 3 is 2.00 bits per heavy atom. The highest BCUT2D eigenvalue weighted by Crippen LogP contribution is 2.09. The SMILES string of the molecule is NC([C@@H](O)CCc1ccccc1)N(N)Cc1ccccc1. The lowest BCUT2D eigenvalue weighted by Crippen LogP contribution is -2.53. The second kappa shape index (κ2) is 7.90. The van der Waals surface area contributed by atoms with Crippen LogP contribution in [0.25, 0.3) is 0 Å². The molecule has 21 heavy (non-hydrogen) atoms. The minimum absolute atomic E-state index is 0.518. The van der Waals surface area contributed by atoms with E-state index in [1.54, 1.807) is 0 Å². The quantitative estimate of drug-likeness (QED) is 0.411. The predicted octanol–water partition coefficient (Wildman–Crippen LogP) is 1.64. The van der Waals surface area contributed by atoms with Gasteiger partial charge in [0.25, 0.3) is 0 Å². The smallest absolute Gasteiger partial charge is 0.0972 e. The number of rotatable bonds is 7. The number of aryl methyl sites for hydroxylation is 1. The van der Waals surface area contributed by atoms with Crippen molar-refractivity contribution in [1.82, 2.24) is 5.01 Å². The van der Waals surface area contributed by atoms with Crippen LogP contribution in [0.3, 0.4) is 0 Å². The molecule has 0 aromatic heterocycles. The zero-order valence-electron chi connectivity index (χ0n) is 12.1. The normalized spacial score (nSPS) is 14.1. The van der Waals surface area contributed by atoms with Gasteiger partial charge < -0.3 is 10.8 Å². The second-order valence-corrected chi connectivity index (χ2v) is 5.24. The number of nitrogens with two attached hydrogens (primary N) is 2. The lowest BCUT2D eigenvalue weighted by Gasteiger charge is -2.28. The Bertz CT molecular complexity index is 518. The van der Waals surface area contributed by atoms with Crippen molar-refractivity contribution in [2.45, 2.75) is 31.7 Å². The van der Waals surface area contributed by atoms with Crippen LogP contribution in [-0.2, 0) is 13.0 Å². The van der Waals surface area contributed by atoms with E-state index in [4.69, 9.17) is 11.6 Å². The largest absolute Gasteiger partial charge is 0.390 e. The molecule has 0 amide bonds. The van der Waals surface area contributed by atoms with Crippen LogP contribution in [0.5, 0.6) is 0 Å². The number of hydrogen-bond donors (Lipinski definition) is 3. The third-order valence-electron chi connectivity index (χ3n) is 3.56. The fraction of sp³-hybridized carbons (Fsp3) is 0.294. The van der Waals surface area contributed by atoms with Crippen molar-refractivity contribution in [3.8, 4) is 0 Å². The van der Waals surface area contributed by atoms with Crippen LogP contribution in [0, 0.1) is 0 Å². The molecule has 0 saturated carbocycles. The topological polar surface area (TPSA) is 75.5 Å². The molecule has 0 aliphatic carbocycles. The minimum Gasteiger partial charge on any atom is -0.390 e. The van der Waals surface area contributed by atoms with Crippen molar-refractivity contribution in [1.29, 1.82) is 0 Å². The number of aliphatic hydroxyl groups excluding tert-OH is 1. The third kappa shape index (κ3) is 4.95. The van der Waals surface area contributed by atoms with Gasteiger partial charge in [0.05, 0.1) is 12.3 Å². The summed E-state index contributed by atoms with van der Waals surface area (Å²) in [4.78, 5) is 0. The second-order valence-electron chi connectivity index (χ2n) is 5.24. The molecule has 1 unspecified atom stereocenters. The van der Waals surface area contributed by atoms with E-state index in [1.807, 2.05) is 60.7 Å². The standard InChI is InChI=1S/C17H23N3O/c18-17(20(19)13-15-9-5-2-6-10-15)16(21)12-11-14-7-3-1-4-8-14/h1-10,16-17,21H,11-13,18-19H2/t16-,17?/m0/s1. The maximum absolute atomic E-state index is 10.2. The fourth-order valence-electron chi connectivity index (χ4n) is 2.25. The lowest BCUT2D eigenvalue weighted by atomic mass is 10.1. The van der Waals surface area contributed by atoms with Crippen molar-refractivity contribution in [2.75, 3.05) is 0 Å². The Morgan fingerprint density at radius 1 is 0.905 bits per heavy atom. The molecule has 5 N–H and O–H groups in total. The Kier molecular flexibility index (Phi) is 5.90. The minimum atomic E-state index is -0.654. The van der Waals surface area contributed by atoms with Crippen LogP contribution in [0.15, 0.2) is 60.7 Å². The van der Waals surface area contributed by atoms with E-state index >= 15 is 0 Å². The first-order valence-corrected chi connectivity index (χ1v) is 7.19. The van der Waals surface area contributed by atoms with Gasteiger partial charge in [0.2, 0.25) is 0 Å². The van der Waals surface area contributed by atoms with E-state index in [-0.39, 0.29) is 0 Å². The average Bonchev–Trinajstić information content (AvgIpc) is 2.53. The number of hydrogen-bond acceptors (Lipinski definition) is 4. The Balaban J connectivity index is 1.82. The van der Waals surface area contributed by atoms with Crippen molar-refractivity contribution in [2.24, 2.45) is 11.6 Å². The molecule has 112 valence electrons. The maximum atomic E-state index is 10.2. The van der Waals surface area contributed by atoms with Gasteiger partial charge >= 0.3 is 0 Å². The van der Waals surface area contributed by atoms with Crippen LogP contribution in [0.4, 0.5) is 0 Å². The summed E-state index contributed by atoms with van der Waals surface area (Å²) in [7, 11) is 0. The third-order valence-corrected chi connectivity index (χ3v) is 3.56. The van der Waals surface area contributed by atoms with E-state index in [0.29, 0.717) is 13.0 Å². The van der Waals surface area contributed by atoms with Crippen molar-refractivity contribution in [3.05, 3.63) is 71.8 Å². The average molecular weight is 285 g/mol. The summed E-state index contributed by atoms with van der Waals surface area (Å²) >= 11 is 0. The molecule has 0 fully saturated rings. The molecule has 0 aliphatic rings. The molecule has 0 radical (unpaired) electrons. The molecule has 2 rings (SSSR count). The lowest BCUT2D eigenvalue weighted by molar-refractivity contribution is 0.0418. The fourth-order valence-corrected chi connectivity index (χ4v) is 2.25. The molecule has 0 saturated heterocycles. The molecule has 4 nitrogen and oxygen atoms in total. The summed E-state index contributed by atoms with van der Waals surface area (Å²) in [5.41, 5.74) is 8.29. The first kappa shape index (κ1) is 15.7. The highest BCUT2D eigenvalue weighted by Gasteiger charge is 2.19. The molecule has 4 heteroatoms. The number of benzene rings is 2. The molecule has 0 aliphatic heterocycles. The maximum Gasteiger partial charge on any atom is 0.0972 e. The van der Waals surface area contributed by atoms with Crippen LogP contribution >= 0.6 is 0 Å². The van der Waals surface area contributed by atoms with E-state index in [9.17, 15) is 5.11 Å². The van der Waals surface area contributed by atoms with E-state index in [1.165, 1.54) is 10.6 Å². The predicted molar refractivity (Wildman–Crippen MR) is 84.9 cm³/mol. The molecule has 0 bridgehead atoms. The van der Waals surface area contributed by atoms with Gasteiger partial charge in [-0.3, -0.25) is 5.84 Å². The van der Waals surface area contributed by atoms with Crippen molar-refractivity contribution < 1.29 is 5.11 Å². The summed E-state index contributed by atoms with van der Waals surface area (Å²) in [5, 5.41) is 11.7. The summed E-state index contributed by atoms with van der Waals surface area (Å²) in [6.07, 6.45) is 0.149. The van der Waals surface area contributed by atoms with Gasteiger partial charge in [-0.15, -0.1) is 0 Å². The summed E-state index contributed by atoms with van der Waals surface area (Å²) in [5.74, 6) is 5.97. The Labute approximate surface area is 126 Å². The van der Waals surface area contributed by atoms with E-state index in [2.05, 4.69) is 0 Å². The summed E-state index contributed by atoms with van der Waals surface area (Å²) < 4.78 is 0.